The third kappa shape index (κ3) is 5.47. The molecular weight excluding hydrogens is 290 g/mol. The lowest BCUT2D eigenvalue weighted by Crippen LogP contribution is -2.56. The van der Waals surface area contributed by atoms with Crippen molar-refractivity contribution in [2.75, 3.05) is 13.1 Å². The Labute approximate surface area is 134 Å². The number of halogens is 1. The van der Waals surface area contributed by atoms with Crippen molar-refractivity contribution in [3.63, 3.8) is 0 Å². The molecule has 5 nitrogen and oxygen atoms in total. The van der Waals surface area contributed by atoms with Gasteiger partial charge in [-0.15, -0.1) is 12.4 Å². The fourth-order valence-corrected chi connectivity index (χ4v) is 2.49. The maximum Gasteiger partial charge on any atom is 0.245 e. The zero-order valence-electron chi connectivity index (χ0n) is 13.8. The molecule has 1 rings (SSSR count). The maximum absolute atomic E-state index is 12.5. The van der Waals surface area contributed by atoms with E-state index in [2.05, 4.69) is 12.2 Å². The number of rotatable bonds is 3. The summed E-state index contributed by atoms with van der Waals surface area (Å²) in [5.41, 5.74) is 5.30. The topological polar surface area (TPSA) is 75.4 Å². The lowest BCUT2D eigenvalue weighted by Gasteiger charge is -2.39. The van der Waals surface area contributed by atoms with E-state index in [1.165, 1.54) is 0 Å². The van der Waals surface area contributed by atoms with Crippen LogP contribution < -0.4 is 11.1 Å². The van der Waals surface area contributed by atoms with E-state index in [1.54, 1.807) is 6.92 Å². The summed E-state index contributed by atoms with van der Waals surface area (Å²) in [5.74, 6) is 0.477. The molecule has 0 aromatic heterocycles. The average molecular weight is 320 g/mol. The van der Waals surface area contributed by atoms with Crippen LogP contribution in [0.5, 0.6) is 0 Å². The fraction of sp³-hybridized carbons (Fsp3) is 0.867. The van der Waals surface area contributed by atoms with Gasteiger partial charge in [0.2, 0.25) is 11.8 Å². The van der Waals surface area contributed by atoms with Crippen LogP contribution in [-0.2, 0) is 9.59 Å². The van der Waals surface area contributed by atoms with E-state index in [1.807, 2.05) is 25.7 Å². The average Bonchev–Trinajstić information content (AvgIpc) is 2.36. The predicted octanol–water partition coefficient (Wildman–Crippen LogP) is 1.54. The summed E-state index contributed by atoms with van der Waals surface area (Å²) in [6, 6.07) is -0.399. The second kappa shape index (κ2) is 7.99. The van der Waals surface area contributed by atoms with Crippen LogP contribution in [0.25, 0.3) is 0 Å². The Morgan fingerprint density at radius 2 is 1.95 bits per heavy atom. The molecule has 3 N–H and O–H groups in total. The maximum atomic E-state index is 12.5. The first-order valence-electron chi connectivity index (χ1n) is 7.48. The molecule has 0 aromatic rings. The number of hydrogen-bond acceptors (Lipinski definition) is 3. The number of amides is 2. The smallest absolute Gasteiger partial charge is 0.245 e. The van der Waals surface area contributed by atoms with Crippen LogP contribution in [0.4, 0.5) is 0 Å². The molecule has 1 fully saturated rings. The van der Waals surface area contributed by atoms with Gasteiger partial charge in [0.15, 0.2) is 0 Å². The van der Waals surface area contributed by atoms with Gasteiger partial charge >= 0.3 is 0 Å². The Balaban J connectivity index is 0.00000400. The number of likely N-dealkylation sites (tertiary alicyclic amines) is 1. The van der Waals surface area contributed by atoms with Crippen molar-refractivity contribution >= 4 is 24.2 Å². The fourth-order valence-electron chi connectivity index (χ4n) is 2.49. The number of carbonyl (C=O) groups excluding carboxylic acids is 2. The van der Waals surface area contributed by atoms with Crippen LogP contribution in [0.2, 0.25) is 0 Å². The lowest BCUT2D eigenvalue weighted by molar-refractivity contribution is -0.141. The number of nitrogens with zero attached hydrogens (tertiary/aromatic N) is 1. The third-order valence-corrected chi connectivity index (χ3v) is 3.93. The van der Waals surface area contributed by atoms with Gasteiger partial charge in [-0.05, 0) is 25.7 Å². The van der Waals surface area contributed by atoms with Crippen LogP contribution in [0.3, 0.4) is 0 Å². The third-order valence-electron chi connectivity index (χ3n) is 3.93. The van der Waals surface area contributed by atoms with Crippen molar-refractivity contribution in [2.45, 2.75) is 59.5 Å². The molecule has 0 aromatic carbocycles. The highest BCUT2D eigenvalue weighted by Crippen LogP contribution is 2.22. The van der Waals surface area contributed by atoms with E-state index in [0.29, 0.717) is 12.5 Å². The minimum Gasteiger partial charge on any atom is -0.344 e. The Morgan fingerprint density at radius 3 is 2.43 bits per heavy atom. The molecule has 0 saturated carbocycles. The van der Waals surface area contributed by atoms with E-state index in [0.717, 1.165) is 19.4 Å². The van der Waals surface area contributed by atoms with Crippen molar-refractivity contribution in [1.82, 2.24) is 10.2 Å². The monoisotopic (exact) mass is 319 g/mol. The molecule has 1 aliphatic heterocycles. The van der Waals surface area contributed by atoms with Crippen molar-refractivity contribution in [3.05, 3.63) is 0 Å². The number of piperidine rings is 1. The Morgan fingerprint density at radius 1 is 1.38 bits per heavy atom. The highest BCUT2D eigenvalue weighted by molar-refractivity contribution is 5.89. The molecule has 21 heavy (non-hydrogen) atoms. The minimum atomic E-state index is -0.496. The van der Waals surface area contributed by atoms with E-state index in [9.17, 15) is 9.59 Å². The molecule has 0 radical (unpaired) electrons. The second-order valence-corrected chi connectivity index (χ2v) is 7.00. The van der Waals surface area contributed by atoms with Gasteiger partial charge < -0.3 is 16.0 Å². The molecule has 0 aliphatic carbocycles. The highest BCUT2D eigenvalue weighted by Gasteiger charge is 2.33. The molecule has 2 amide bonds. The molecule has 3 unspecified atom stereocenters. The number of carbonyl (C=O) groups is 2. The van der Waals surface area contributed by atoms with E-state index < -0.39 is 11.5 Å². The van der Waals surface area contributed by atoms with Crippen molar-refractivity contribution < 1.29 is 9.59 Å². The summed E-state index contributed by atoms with van der Waals surface area (Å²) >= 11 is 0. The van der Waals surface area contributed by atoms with Crippen LogP contribution in [0.1, 0.15) is 47.5 Å². The molecular formula is C15H30ClN3O2. The van der Waals surface area contributed by atoms with Crippen molar-refractivity contribution in [1.29, 1.82) is 0 Å². The van der Waals surface area contributed by atoms with Gasteiger partial charge in [-0.2, -0.15) is 0 Å². The van der Waals surface area contributed by atoms with E-state index >= 15 is 0 Å². The zero-order valence-corrected chi connectivity index (χ0v) is 14.6. The number of nitrogens with two attached hydrogens (primary N) is 1. The molecule has 1 saturated heterocycles. The summed E-state index contributed by atoms with van der Waals surface area (Å²) in [5, 5.41) is 2.80. The molecule has 3 atom stereocenters. The second-order valence-electron chi connectivity index (χ2n) is 7.00. The SMILES string of the molecule is CC1CCN(C(=O)C(C)NC(=O)C(C)(C)C)C(CN)C1.Cl. The van der Waals surface area contributed by atoms with Crippen LogP contribution in [0.15, 0.2) is 0 Å². The zero-order chi connectivity index (χ0) is 15.5. The normalized spacial score (nSPS) is 24.0. The van der Waals surface area contributed by atoms with Gasteiger partial charge in [0.05, 0.1) is 0 Å². The first-order valence-corrected chi connectivity index (χ1v) is 7.48. The van der Waals surface area contributed by atoms with Crippen LogP contribution in [-0.4, -0.2) is 41.9 Å². The first kappa shape index (κ1) is 20.2. The summed E-state index contributed by atoms with van der Waals surface area (Å²) in [6.07, 6.45) is 1.95. The largest absolute Gasteiger partial charge is 0.344 e. The van der Waals surface area contributed by atoms with Gasteiger partial charge in [0.1, 0.15) is 6.04 Å². The van der Waals surface area contributed by atoms with Gasteiger partial charge in [-0.3, -0.25) is 9.59 Å². The van der Waals surface area contributed by atoms with E-state index in [-0.39, 0.29) is 30.3 Å². The minimum absolute atomic E-state index is 0. The highest BCUT2D eigenvalue weighted by atomic mass is 35.5. The standard InChI is InChI=1S/C15H29N3O2.ClH/c1-10-6-7-18(12(8-10)9-16)13(19)11(2)17-14(20)15(3,4)5;/h10-12H,6-9,16H2,1-5H3,(H,17,20);1H. The quantitative estimate of drug-likeness (QED) is 0.828. The summed E-state index contributed by atoms with van der Waals surface area (Å²) in [7, 11) is 0. The van der Waals surface area contributed by atoms with Gasteiger partial charge in [0, 0.05) is 24.5 Å². The Hall–Kier alpha value is -0.810. The Bertz CT molecular complexity index is 368. The van der Waals surface area contributed by atoms with Crippen molar-refractivity contribution in [2.24, 2.45) is 17.1 Å². The molecule has 1 aliphatic rings. The van der Waals surface area contributed by atoms with Crippen LogP contribution in [0, 0.1) is 11.3 Å². The molecule has 6 heteroatoms. The van der Waals surface area contributed by atoms with Crippen LogP contribution >= 0.6 is 12.4 Å². The predicted molar refractivity (Wildman–Crippen MR) is 87.3 cm³/mol. The lowest BCUT2D eigenvalue weighted by atomic mass is 9.91. The number of hydrogen-bond donors (Lipinski definition) is 2. The number of nitrogens with one attached hydrogen (secondary N) is 1. The molecule has 0 spiro atoms. The van der Waals surface area contributed by atoms with Crippen molar-refractivity contribution in [3.8, 4) is 0 Å². The van der Waals surface area contributed by atoms with E-state index in [4.69, 9.17) is 5.73 Å². The molecule has 1 heterocycles. The first-order chi connectivity index (χ1) is 9.16. The van der Waals surface area contributed by atoms with Gasteiger partial charge in [-0.25, -0.2) is 0 Å². The Kier molecular flexibility index (Phi) is 7.68. The van der Waals surface area contributed by atoms with Gasteiger partial charge in [0.25, 0.3) is 0 Å². The van der Waals surface area contributed by atoms with Gasteiger partial charge in [-0.1, -0.05) is 27.7 Å². The molecule has 124 valence electrons. The summed E-state index contributed by atoms with van der Waals surface area (Å²) in [4.78, 5) is 26.3. The molecule has 0 bridgehead atoms. The summed E-state index contributed by atoms with van der Waals surface area (Å²) < 4.78 is 0. The summed E-state index contributed by atoms with van der Waals surface area (Å²) in [6.45, 7) is 10.7.